The molecule has 11 heteroatoms. The molecule has 1 aromatic heterocycles. The monoisotopic (exact) mass is 445 g/mol. The van der Waals surface area contributed by atoms with Crippen molar-refractivity contribution >= 4 is 42.5 Å². The number of benzene rings is 2. The zero-order chi connectivity index (χ0) is 21.5. The van der Waals surface area contributed by atoms with Crippen LogP contribution in [0, 0.1) is 0 Å². The van der Waals surface area contributed by atoms with Crippen LogP contribution in [0.4, 0.5) is 5.69 Å². The average molecular weight is 446 g/mol. The maximum Gasteiger partial charge on any atom is 0.247 e. The Balaban J connectivity index is 1.67. The van der Waals surface area contributed by atoms with Crippen LogP contribution in [0.25, 0.3) is 11.0 Å². The van der Waals surface area contributed by atoms with Gasteiger partial charge in [0, 0.05) is 24.5 Å². The predicted octanol–water partition coefficient (Wildman–Crippen LogP) is 2.11. The molecule has 0 spiro atoms. The van der Waals surface area contributed by atoms with Crippen molar-refractivity contribution in [1.29, 1.82) is 0 Å². The van der Waals surface area contributed by atoms with Gasteiger partial charge in [-0.1, -0.05) is 18.2 Å². The van der Waals surface area contributed by atoms with Gasteiger partial charge in [-0.05, 0) is 35.4 Å². The van der Waals surface area contributed by atoms with E-state index in [2.05, 4.69) is 19.8 Å². The SMILES string of the molecule is CS(=O)(=O)Nc1ccc(C2=NN(S(C)(=O)=O)[C@@H](c3ccc4nccnc4c3)C2)cc1. The van der Waals surface area contributed by atoms with Gasteiger partial charge in [-0.2, -0.15) is 9.52 Å². The Kier molecular flexibility index (Phi) is 4.94. The molecule has 0 fully saturated rings. The first kappa shape index (κ1) is 20.2. The third-order valence-corrected chi connectivity index (χ3v) is 6.23. The fraction of sp³-hybridized carbons (Fsp3) is 0.211. The summed E-state index contributed by atoms with van der Waals surface area (Å²) in [6.07, 6.45) is 5.75. The van der Waals surface area contributed by atoms with Crippen molar-refractivity contribution in [2.24, 2.45) is 5.10 Å². The molecule has 0 unspecified atom stereocenters. The van der Waals surface area contributed by atoms with Crippen LogP contribution in [0.5, 0.6) is 0 Å². The summed E-state index contributed by atoms with van der Waals surface area (Å²) in [5, 5.41) is 4.36. The van der Waals surface area contributed by atoms with E-state index in [9.17, 15) is 16.8 Å². The van der Waals surface area contributed by atoms with Crippen LogP contribution in [-0.4, -0.2) is 49.4 Å². The summed E-state index contributed by atoms with van der Waals surface area (Å²) in [5.74, 6) is 0. The van der Waals surface area contributed by atoms with Gasteiger partial charge in [0.15, 0.2) is 0 Å². The molecule has 9 nitrogen and oxygen atoms in total. The second-order valence-electron chi connectivity index (χ2n) is 7.06. The largest absolute Gasteiger partial charge is 0.284 e. The molecule has 1 aliphatic rings. The van der Waals surface area contributed by atoms with Crippen molar-refractivity contribution in [3.8, 4) is 0 Å². The van der Waals surface area contributed by atoms with Gasteiger partial charge in [-0.15, -0.1) is 0 Å². The smallest absolute Gasteiger partial charge is 0.247 e. The van der Waals surface area contributed by atoms with E-state index in [0.29, 0.717) is 28.9 Å². The van der Waals surface area contributed by atoms with Gasteiger partial charge < -0.3 is 0 Å². The average Bonchev–Trinajstić information content (AvgIpc) is 3.13. The van der Waals surface area contributed by atoms with Gasteiger partial charge in [0.2, 0.25) is 20.0 Å². The van der Waals surface area contributed by atoms with Gasteiger partial charge in [-0.3, -0.25) is 14.7 Å². The molecule has 2 aromatic carbocycles. The van der Waals surface area contributed by atoms with Crippen LogP contribution in [0.3, 0.4) is 0 Å². The number of sulfonamides is 2. The number of nitrogens with one attached hydrogen (secondary N) is 1. The molecule has 0 bridgehead atoms. The topological polar surface area (TPSA) is 122 Å². The van der Waals surface area contributed by atoms with Crippen LogP contribution < -0.4 is 4.72 Å². The van der Waals surface area contributed by atoms with Crippen molar-refractivity contribution in [3.05, 3.63) is 66.0 Å². The number of anilines is 1. The lowest BCUT2D eigenvalue weighted by Gasteiger charge is -2.21. The maximum absolute atomic E-state index is 12.4. The van der Waals surface area contributed by atoms with E-state index in [1.165, 1.54) is 0 Å². The highest BCUT2D eigenvalue weighted by Gasteiger charge is 2.34. The van der Waals surface area contributed by atoms with Gasteiger partial charge >= 0.3 is 0 Å². The highest BCUT2D eigenvalue weighted by atomic mass is 32.2. The Morgan fingerprint density at radius 3 is 2.23 bits per heavy atom. The normalized spacial score (nSPS) is 17.2. The second-order valence-corrected chi connectivity index (χ2v) is 10.6. The zero-order valence-corrected chi connectivity index (χ0v) is 17.9. The summed E-state index contributed by atoms with van der Waals surface area (Å²) in [5.41, 5.74) is 3.89. The highest BCUT2D eigenvalue weighted by molar-refractivity contribution is 7.92. The highest BCUT2D eigenvalue weighted by Crippen LogP contribution is 2.35. The molecule has 3 aromatic rings. The summed E-state index contributed by atoms with van der Waals surface area (Å²) in [6, 6.07) is 11.6. The lowest BCUT2D eigenvalue weighted by molar-refractivity contribution is 0.375. The number of hydrogen-bond acceptors (Lipinski definition) is 7. The van der Waals surface area contributed by atoms with Crippen LogP contribution in [0.15, 0.2) is 60.0 Å². The molecule has 0 radical (unpaired) electrons. The van der Waals surface area contributed by atoms with Crippen molar-refractivity contribution in [1.82, 2.24) is 14.4 Å². The quantitative estimate of drug-likeness (QED) is 0.642. The van der Waals surface area contributed by atoms with Crippen molar-refractivity contribution in [2.75, 3.05) is 17.2 Å². The van der Waals surface area contributed by atoms with Crippen LogP contribution in [0.1, 0.15) is 23.6 Å². The molecule has 0 saturated carbocycles. The predicted molar refractivity (Wildman–Crippen MR) is 115 cm³/mol. The van der Waals surface area contributed by atoms with E-state index >= 15 is 0 Å². The summed E-state index contributed by atoms with van der Waals surface area (Å²) in [7, 11) is -6.99. The Hall–Kier alpha value is -3.05. The molecule has 156 valence electrons. The lowest BCUT2D eigenvalue weighted by atomic mass is 9.98. The first-order valence-corrected chi connectivity index (χ1v) is 12.7. The minimum Gasteiger partial charge on any atom is -0.284 e. The van der Waals surface area contributed by atoms with Gasteiger partial charge in [0.1, 0.15) is 0 Å². The molecule has 4 rings (SSSR count). The van der Waals surface area contributed by atoms with Gasteiger partial charge in [0.05, 0.1) is 35.3 Å². The molecule has 1 aliphatic heterocycles. The molecule has 0 aliphatic carbocycles. The molecule has 30 heavy (non-hydrogen) atoms. The molecule has 0 saturated heterocycles. The van der Waals surface area contributed by atoms with Crippen LogP contribution in [-0.2, 0) is 20.0 Å². The van der Waals surface area contributed by atoms with Crippen molar-refractivity contribution in [3.63, 3.8) is 0 Å². The third kappa shape index (κ3) is 4.26. The number of hydrogen-bond donors (Lipinski definition) is 1. The molecule has 1 N–H and O–H groups in total. The Morgan fingerprint density at radius 2 is 1.60 bits per heavy atom. The summed E-state index contributed by atoms with van der Waals surface area (Å²) < 4.78 is 51.0. The third-order valence-electron chi connectivity index (χ3n) is 4.61. The van der Waals surface area contributed by atoms with Crippen molar-refractivity contribution < 1.29 is 16.8 Å². The van der Waals surface area contributed by atoms with Gasteiger partial charge in [0.25, 0.3) is 0 Å². The lowest BCUT2D eigenvalue weighted by Crippen LogP contribution is -2.25. The van der Waals surface area contributed by atoms with E-state index < -0.39 is 26.1 Å². The summed E-state index contributed by atoms with van der Waals surface area (Å²) >= 11 is 0. The van der Waals surface area contributed by atoms with E-state index in [4.69, 9.17) is 0 Å². The number of nitrogens with zero attached hydrogens (tertiary/aromatic N) is 4. The standard InChI is InChI=1S/C19H19N5O4S2/c1-29(25,26)23-15-6-3-13(4-7-15)17-12-19(24(22-17)30(2,27)28)14-5-8-16-18(11-14)21-10-9-20-16/h3-11,19,23H,12H2,1-2H3/t19-/m1/s1. The fourth-order valence-electron chi connectivity index (χ4n) is 3.35. The van der Waals surface area contributed by atoms with Crippen molar-refractivity contribution in [2.45, 2.75) is 12.5 Å². The van der Waals surface area contributed by atoms with E-state index in [-0.39, 0.29) is 0 Å². The molecule has 2 heterocycles. The minimum atomic E-state index is -3.61. The van der Waals surface area contributed by atoms with E-state index in [1.807, 2.05) is 18.2 Å². The molecule has 0 amide bonds. The maximum atomic E-state index is 12.4. The minimum absolute atomic E-state index is 0.373. The first-order chi connectivity index (χ1) is 14.1. The summed E-state index contributed by atoms with van der Waals surface area (Å²) in [4.78, 5) is 8.53. The number of rotatable bonds is 5. The Bertz CT molecular complexity index is 1350. The van der Waals surface area contributed by atoms with Crippen LogP contribution in [0.2, 0.25) is 0 Å². The molecular formula is C19H19N5O4S2. The second kappa shape index (κ2) is 7.33. The van der Waals surface area contributed by atoms with E-state index in [0.717, 1.165) is 28.0 Å². The number of fused-ring (bicyclic) bond motifs is 1. The number of aromatic nitrogens is 2. The number of hydrazone groups is 1. The zero-order valence-electron chi connectivity index (χ0n) is 16.2. The van der Waals surface area contributed by atoms with Gasteiger partial charge in [-0.25, -0.2) is 16.8 Å². The molecular weight excluding hydrogens is 426 g/mol. The van der Waals surface area contributed by atoms with E-state index in [1.54, 1.807) is 36.7 Å². The van der Waals surface area contributed by atoms with Crippen LogP contribution >= 0.6 is 0 Å². The summed E-state index contributed by atoms with van der Waals surface area (Å²) in [6.45, 7) is 0. The first-order valence-electron chi connectivity index (χ1n) is 8.96. The Labute approximate surface area is 174 Å². The Morgan fingerprint density at radius 1 is 0.933 bits per heavy atom. The molecule has 1 atom stereocenters. The fourth-order valence-corrected chi connectivity index (χ4v) is 4.82.